The topological polar surface area (TPSA) is 69.8 Å². The largest absolute Gasteiger partial charge is 0.349 e. The molecular formula is C15H20N4O. The Morgan fingerprint density at radius 2 is 2.00 bits per heavy atom. The molecular weight excluding hydrogens is 252 g/mol. The van der Waals surface area contributed by atoms with Crippen LogP contribution in [0.3, 0.4) is 0 Å². The fraction of sp³-hybridized carbons (Fsp3) is 0.333. The Morgan fingerprint density at radius 1 is 1.20 bits per heavy atom. The Hall–Kier alpha value is -2.14. The van der Waals surface area contributed by atoms with Crippen molar-refractivity contribution >= 4 is 5.91 Å². The van der Waals surface area contributed by atoms with Crippen molar-refractivity contribution in [2.75, 3.05) is 19.6 Å². The van der Waals surface area contributed by atoms with Crippen LogP contribution >= 0.6 is 0 Å². The van der Waals surface area contributed by atoms with Crippen LogP contribution in [0.2, 0.25) is 0 Å². The molecule has 0 saturated carbocycles. The highest BCUT2D eigenvalue weighted by atomic mass is 16.1. The molecule has 2 rings (SSSR count). The summed E-state index contributed by atoms with van der Waals surface area (Å²) in [6.45, 7) is 4.47. The third-order valence-corrected chi connectivity index (χ3v) is 2.91. The van der Waals surface area contributed by atoms with E-state index in [4.69, 9.17) is 0 Å². The van der Waals surface area contributed by atoms with Crippen LogP contribution in [-0.2, 0) is 0 Å². The van der Waals surface area contributed by atoms with Gasteiger partial charge in [0.2, 0.25) is 0 Å². The van der Waals surface area contributed by atoms with Crippen molar-refractivity contribution in [3.05, 3.63) is 42.1 Å². The van der Waals surface area contributed by atoms with Gasteiger partial charge in [-0.25, -0.2) is 0 Å². The molecule has 0 bridgehead atoms. The lowest BCUT2D eigenvalue weighted by molar-refractivity contribution is 0.0949. The molecule has 5 heteroatoms. The first-order valence-corrected chi connectivity index (χ1v) is 6.91. The third-order valence-electron chi connectivity index (χ3n) is 2.91. The predicted molar refractivity (Wildman–Crippen MR) is 79.5 cm³/mol. The molecule has 106 valence electrons. The van der Waals surface area contributed by atoms with Crippen LogP contribution in [0.1, 0.15) is 23.8 Å². The number of carbonyl (C=O) groups is 1. The van der Waals surface area contributed by atoms with Crippen LogP contribution in [0.4, 0.5) is 0 Å². The molecule has 5 nitrogen and oxygen atoms in total. The Labute approximate surface area is 118 Å². The van der Waals surface area contributed by atoms with E-state index in [2.05, 4.69) is 27.8 Å². The second-order valence-corrected chi connectivity index (χ2v) is 4.54. The molecule has 1 amide bonds. The van der Waals surface area contributed by atoms with Crippen LogP contribution in [0, 0.1) is 0 Å². The van der Waals surface area contributed by atoms with E-state index < -0.39 is 0 Å². The number of benzene rings is 1. The first kappa shape index (κ1) is 14.3. The molecule has 0 unspecified atom stereocenters. The Bertz CT molecular complexity index is 536. The average molecular weight is 272 g/mol. The standard InChI is InChI=1S/C15H20N4O/c1-2-8-16-9-10-17-15(20)14-11-13(18-19-14)12-6-4-3-5-7-12/h3-7,11,16H,2,8-10H2,1H3,(H,17,20)(H,18,19). The molecule has 0 fully saturated rings. The molecule has 0 spiro atoms. The number of amides is 1. The van der Waals surface area contributed by atoms with Crippen molar-refractivity contribution in [2.24, 2.45) is 0 Å². The summed E-state index contributed by atoms with van der Waals surface area (Å²) >= 11 is 0. The Kier molecular flexibility index (Phi) is 5.32. The van der Waals surface area contributed by atoms with Crippen LogP contribution in [0.25, 0.3) is 11.3 Å². The van der Waals surface area contributed by atoms with Gasteiger partial charge in [-0.15, -0.1) is 0 Å². The number of hydrogen-bond acceptors (Lipinski definition) is 3. The highest BCUT2D eigenvalue weighted by molar-refractivity contribution is 5.93. The molecule has 0 radical (unpaired) electrons. The number of H-pyrrole nitrogens is 1. The van der Waals surface area contributed by atoms with Gasteiger partial charge < -0.3 is 10.6 Å². The van der Waals surface area contributed by atoms with Gasteiger partial charge in [-0.1, -0.05) is 37.3 Å². The normalized spacial score (nSPS) is 10.4. The zero-order chi connectivity index (χ0) is 14.2. The van der Waals surface area contributed by atoms with Gasteiger partial charge in [0.25, 0.3) is 5.91 Å². The van der Waals surface area contributed by atoms with Crippen LogP contribution in [0.15, 0.2) is 36.4 Å². The van der Waals surface area contributed by atoms with Crippen LogP contribution < -0.4 is 10.6 Å². The molecule has 0 aliphatic rings. The number of nitrogens with zero attached hydrogens (tertiary/aromatic N) is 1. The van der Waals surface area contributed by atoms with Gasteiger partial charge in [-0.2, -0.15) is 5.10 Å². The van der Waals surface area contributed by atoms with Gasteiger partial charge in [-0.3, -0.25) is 9.89 Å². The number of aromatic amines is 1. The third kappa shape index (κ3) is 3.93. The summed E-state index contributed by atoms with van der Waals surface area (Å²) in [5.41, 5.74) is 2.26. The molecule has 1 heterocycles. The first-order chi connectivity index (χ1) is 9.81. The second kappa shape index (κ2) is 7.45. The van der Waals surface area contributed by atoms with Gasteiger partial charge in [0.05, 0.1) is 5.69 Å². The predicted octanol–water partition coefficient (Wildman–Crippen LogP) is 1.81. The summed E-state index contributed by atoms with van der Waals surface area (Å²) in [4.78, 5) is 11.9. The molecule has 0 atom stereocenters. The molecule has 20 heavy (non-hydrogen) atoms. The van der Waals surface area contributed by atoms with Crippen molar-refractivity contribution in [3.63, 3.8) is 0 Å². The molecule has 1 aromatic carbocycles. The maximum Gasteiger partial charge on any atom is 0.269 e. The second-order valence-electron chi connectivity index (χ2n) is 4.54. The quantitative estimate of drug-likeness (QED) is 0.673. The van der Waals surface area contributed by atoms with Crippen molar-refractivity contribution in [3.8, 4) is 11.3 Å². The SMILES string of the molecule is CCCNCCNC(=O)c1cc(-c2ccccc2)n[nH]1. The van der Waals surface area contributed by atoms with Crippen LogP contribution in [0.5, 0.6) is 0 Å². The summed E-state index contributed by atoms with van der Waals surface area (Å²) in [7, 11) is 0. The van der Waals surface area contributed by atoms with Gasteiger partial charge in [0.1, 0.15) is 5.69 Å². The number of aromatic nitrogens is 2. The minimum atomic E-state index is -0.127. The van der Waals surface area contributed by atoms with E-state index in [1.165, 1.54) is 0 Å². The summed E-state index contributed by atoms with van der Waals surface area (Å²) < 4.78 is 0. The average Bonchev–Trinajstić information content (AvgIpc) is 2.98. The number of nitrogens with one attached hydrogen (secondary N) is 3. The van der Waals surface area contributed by atoms with E-state index in [0.29, 0.717) is 12.2 Å². The van der Waals surface area contributed by atoms with Gasteiger partial charge in [0, 0.05) is 18.7 Å². The van der Waals surface area contributed by atoms with E-state index in [-0.39, 0.29) is 5.91 Å². The number of hydrogen-bond donors (Lipinski definition) is 3. The molecule has 2 aromatic rings. The monoisotopic (exact) mass is 272 g/mol. The zero-order valence-electron chi connectivity index (χ0n) is 11.6. The highest BCUT2D eigenvalue weighted by Gasteiger charge is 2.09. The van der Waals surface area contributed by atoms with E-state index >= 15 is 0 Å². The molecule has 3 N–H and O–H groups in total. The molecule has 0 aliphatic heterocycles. The van der Waals surface area contributed by atoms with E-state index in [9.17, 15) is 4.79 Å². The number of rotatable bonds is 7. The summed E-state index contributed by atoms with van der Waals surface area (Å²) in [5.74, 6) is -0.127. The number of carbonyl (C=O) groups excluding carboxylic acids is 1. The Balaban J connectivity index is 1.87. The first-order valence-electron chi connectivity index (χ1n) is 6.91. The van der Waals surface area contributed by atoms with Gasteiger partial charge in [-0.05, 0) is 19.0 Å². The lowest BCUT2D eigenvalue weighted by atomic mass is 10.1. The lowest BCUT2D eigenvalue weighted by Gasteiger charge is -2.04. The molecule has 0 aliphatic carbocycles. The Morgan fingerprint density at radius 3 is 2.75 bits per heavy atom. The van der Waals surface area contributed by atoms with Crippen molar-refractivity contribution in [1.82, 2.24) is 20.8 Å². The minimum Gasteiger partial charge on any atom is -0.349 e. The zero-order valence-corrected chi connectivity index (χ0v) is 11.6. The molecule has 0 saturated heterocycles. The van der Waals surface area contributed by atoms with Gasteiger partial charge in [0.15, 0.2) is 0 Å². The van der Waals surface area contributed by atoms with Crippen LogP contribution in [-0.4, -0.2) is 35.7 Å². The van der Waals surface area contributed by atoms with Crippen molar-refractivity contribution in [2.45, 2.75) is 13.3 Å². The summed E-state index contributed by atoms with van der Waals surface area (Å²) in [6, 6.07) is 11.5. The molecule has 1 aromatic heterocycles. The smallest absolute Gasteiger partial charge is 0.269 e. The summed E-state index contributed by atoms with van der Waals surface area (Å²) in [5, 5.41) is 13.0. The van der Waals surface area contributed by atoms with Gasteiger partial charge >= 0.3 is 0 Å². The van der Waals surface area contributed by atoms with Crippen molar-refractivity contribution in [1.29, 1.82) is 0 Å². The van der Waals surface area contributed by atoms with E-state index in [1.807, 2.05) is 30.3 Å². The maximum atomic E-state index is 11.9. The minimum absolute atomic E-state index is 0.127. The fourth-order valence-electron chi connectivity index (χ4n) is 1.86. The lowest BCUT2D eigenvalue weighted by Crippen LogP contribution is -2.32. The van der Waals surface area contributed by atoms with E-state index in [1.54, 1.807) is 6.07 Å². The summed E-state index contributed by atoms with van der Waals surface area (Å²) in [6.07, 6.45) is 1.09. The van der Waals surface area contributed by atoms with E-state index in [0.717, 1.165) is 30.8 Å². The van der Waals surface area contributed by atoms with Crippen molar-refractivity contribution < 1.29 is 4.79 Å². The fourth-order valence-corrected chi connectivity index (χ4v) is 1.86. The highest BCUT2D eigenvalue weighted by Crippen LogP contribution is 2.16. The maximum absolute atomic E-state index is 11.9.